The molecule has 314 valence electrons. The molecule has 2 fully saturated rings. The Hall–Kier alpha value is -6.90. The van der Waals surface area contributed by atoms with Gasteiger partial charge in [0.1, 0.15) is 0 Å². The molecule has 0 spiro atoms. The van der Waals surface area contributed by atoms with Crippen molar-refractivity contribution in [3.63, 3.8) is 0 Å². The topological polar surface area (TPSA) is 6.48 Å². The minimum absolute atomic E-state index is 0.520. The van der Waals surface area contributed by atoms with E-state index in [-0.39, 0.29) is 0 Å². The highest BCUT2D eigenvalue weighted by molar-refractivity contribution is 6.09. The predicted molar refractivity (Wildman–Crippen MR) is 273 cm³/mol. The summed E-state index contributed by atoms with van der Waals surface area (Å²) in [5.41, 5.74) is 15.1. The fraction of sp³-hybridized carbons (Fsp3) is 0.194. The zero-order valence-electron chi connectivity index (χ0n) is 36.8. The van der Waals surface area contributed by atoms with Crippen molar-refractivity contribution in [3.8, 4) is 22.3 Å². The number of benzene rings is 9. The number of hydrogen-bond acceptors (Lipinski definition) is 2. The molecule has 0 N–H and O–H groups in total. The SMILES string of the molecule is c1ccc(-c2ccc(N(c3ccccc3)c3ccc4c(C5CCCCC5)c5cc(N(c6ccccc6)c6ccc(-c7ccccc7)cc6)ccc5c(C5CCCCC5)c4c3)cc2)cc1. The van der Waals surface area contributed by atoms with Crippen molar-refractivity contribution in [2.24, 2.45) is 0 Å². The summed E-state index contributed by atoms with van der Waals surface area (Å²) in [6.07, 6.45) is 12.8. The van der Waals surface area contributed by atoms with Crippen LogP contribution >= 0.6 is 0 Å². The Balaban J connectivity index is 1.11. The largest absolute Gasteiger partial charge is 0.310 e. The fourth-order valence-electron chi connectivity index (χ4n) is 11.1. The molecule has 0 saturated heterocycles. The lowest BCUT2D eigenvalue weighted by molar-refractivity contribution is 0.445. The second-order valence-corrected chi connectivity index (χ2v) is 18.1. The monoisotopic (exact) mass is 828 g/mol. The van der Waals surface area contributed by atoms with Crippen LogP contribution in [0.15, 0.2) is 206 Å². The van der Waals surface area contributed by atoms with Gasteiger partial charge < -0.3 is 9.80 Å². The van der Waals surface area contributed by atoms with E-state index in [1.165, 1.54) is 142 Å². The molecule has 0 atom stereocenters. The molecule has 0 aliphatic heterocycles. The maximum absolute atomic E-state index is 2.57. The molecule has 0 aromatic heterocycles. The molecule has 0 amide bonds. The Morgan fingerprint density at radius 2 is 0.547 bits per heavy atom. The van der Waals surface area contributed by atoms with Crippen LogP contribution in [0.2, 0.25) is 0 Å². The van der Waals surface area contributed by atoms with Crippen molar-refractivity contribution >= 4 is 55.7 Å². The van der Waals surface area contributed by atoms with Crippen LogP contribution in [0.3, 0.4) is 0 Å². The van der Waals surface area contributed by atoms with E-state index in [2.05, 4.69) is 216 Å². The van der Waals surface area contributed by atoms with Gasteiger partial charge in [0.2, 0.25) is 0 Å². The maximum Gasteiger partial charge on any atom is 0.0468 e. The van der Waals surface area contributed by atoms with Gasteiger partial charge in [-0.1, -0.05) is 172 Å². The lowest BCUT2D eigenvalue weighted by atomic mass is 9.74. The van der Waals surface area contributed by atoms with Gasteiger partial charge in [0.15, 0.2) is 0 Å². The Morgan fingerprint density at radius 3 is 0.906 bits per heavy atom. The first-order valence-electron chi connectivity index (χ1n) is 23.8. The normalized spacial score (nSPS) is 14.8. The van der Waals surface area contributed by atoms with E-state index >= 15 is 0 Å². The van der Waals surface area contributed by atoms with Crippen LogP contribution < -0.4 is 9.80 Å². The predicted octanol–water partition coefficient (Wildman–Crippen LogP) is 18.4. The van der Waals surface area contributed by atoms with Crippen LogP contribution in [0.5, 0.6) is 0 Å². The van der Waals surface area contributed by atoms with E-state index in [1.807, 2.05) is 0 Å². The highest BCUT2D eigenvalue weighted by Gasteiger charge is 2.28. The lowest BCUT2D eigenvalue weighted by Gasteiger charge is -2.32. The van der Waals surface area contributed by atoms with Crippen LogP contribution in [0.1, 0.15) is 87.2 Å². The van der Waals surface area contributed by atoms with Gasteiger partial charge in [-0.05, 0) is 165 Å². The lowest BCUT2D eigenvalue weighted by Crippen LogP contribution is -2.13. The van der Waals surface area contributed by atoms with E-state index in [0.29, 0.717) is 11.8 Å². The quantitative estimate of drug-likeness (QED) is 0.127. The molecule has 9 aromatic rings. The summed E-state index contributed by atoms with van der Waals surface area (Å²) in [5, 5.41) is 5.80. The minimum Gasteiger partial charge on any atom is -0.310 e. The smallest absolute Gasteiger partial charge is 0.0468 e. The van der Waals surface area contributed by atoms with Crippen LogP contribution in [-0.2, 0) is 0 Å². The summed E-state index contributed by atoms with van der Waals surface area (Å²) in [6, 6.07) is 76.6. The van der Waals surface area contributed by atoms with Gasteiger partial charge in [0, 0.05) is 34.1 Å². The minimum atomic E-state index is 0.520. The number of fused-ring (bicyclic) bond motifs is 2. The molecule has 0 unspecified atom stereocenters. The first kappa shape index (κ1) is 39.9. The summed E-state index contributed by atoms with van der Waals surface area (Å²) in [6.45, 7) is 0. The molecule has 0 radical (unpaired) electrons. The summed E-state index contributed by atoms with van der Waals surface area (Å²) >= 11 is 0. The zero-order valence-corrected chi connectivity index (χ0v) is 36.8. The third kappa shape index (κ3) is 7.88. The second kappa shape index (κ2) is 18.1. The summed E-state index contributed by atoms with van der Waals surface area (Å²) < 4.78 is 0. The first-order valence-corrected chi connectivity index (χ1v) is 23.8. The number of para-hydroxylation sites is 2. The Morgan fingerprint density at radius 1 is 0.250 bits per heavy atom. The third-order valence-electron chi connectivity index (χ3n) is 14.2. The van der Waals surface area contributed by atoms with E-state index in [9.17, 15) is 0 Å². The van der Waals surface area contributed by atoms with Crippen LogP contribution in [-0.4, -0.2) is 0 Å². The average Bonchev–Trinajstić information content (AvgIpc) is 3.38. The van der Waals surface area contributed by atoms with Gasteiger partial charge in [-0.3, -0.25) is 0 Å². The molecule has 2 saturated carbocycles. The molecular formula is C62H56N2. The molecule has 64 heavy (non-hydrogen) atoms. The Bertz CT molecular complexity index is 2760. The standard InChI is InChI=1S/C62H56N2/c1-7-19-45(20-8-1)47-31-35-53(36-32-47)63(51-27-15-5-16-28-51)55-39-41-57-59(43-55)61(49-23-11-3-12-24-49)58-42-40-56(44-60(58)62(57)50-25-13-4-14-26-50)64(52-29-17-6-18-30-52)54-37-33-48(34-38-54)46-21-9-2-10-22-46/h1-2,5-10,15-22,27-44,49-50H,3-4,11-14,23-26H2. The fourth-order valence-corrected chi connectivity index (χ4v) is 11.1. The van der Waals surface area contributed by atoms with Crippen molar-refractivity contribution < 1.29 is 0 Å². The van der Waals surface area contributed by atoms with Crippen molar-refractivity contribution in [3.05, 3.63) is 217 Å². The van der Waals surface area contributed by atoms with E-state index in [1.54, 1.807) is 11.1 Å². The number of rotatable bonds is 10. The van der Waals surface area contributed by atoms with E-state index in [0.717, 1.165) is 0 Å². The average molecular weight is 829 g/mol. The molecule has 9 aromatic carbocycles. The van der Waals surface area contributed by atoms with E-state index < -0.39 is 0 Å². The summed E-state index contributed by atoms with van der Waals surface area (Å²) in [4.78, 5) is 4.93. The van der Waals surface area contributed by atoms with Crippen molar-refractivity contribution in [1.82, 2.24) is 0 Å². The third-order valence-corrected chi connectivity index (χ3v) is 14.2. The first-order chi connectivity index (χ1) is 31.8. The van der Waals surface area contributed by atoms with Crippen LogP contribution in [0.4, 0.5) is 34.1 Å². The Kier molecular flexibility index (Phi) is 11.3. The number of anilines is 6. The van der Waals surface area contributed by atoms with Crippen molar-refractivity contribution in [2.45, 2.75) is 76.0 Å². The zero-order chi connectivity index (χ0) is 42.7. The van der Waals surface area contributed by atoms with Gasteiger partial charge in [-0.25, -0.2) is 0 Å². The van der Waals surface area contributed by atoms with Crippen molar-refractivity contribution in [1.29, 1.82) is 0 Å². The molecule has 2 nitrogen and oxygen atoms in total. The molecule has 2 aliphatic carbocycles. The van der Waals surface area contributed by atoms with Gasteiger partial charge in [-0.15, -0.1) is 0 Å². The molecule has 0 bridgehead atoms. The van der Waals surface area contributed by atoms with Gasteiger partial charge in [0.25, 0.3) is 0 Å². The van der Waals surface area contributed by atoms with Gasteiger partial charge >= 0.3 is 0 Å². The van der Waals surface area contributed by atoms with Crippen LogP contribution in [0.25, 0.3) is 43.8 Å². The summed E-state index contributed by atoms with van der Waals surface area (Å²) in [5.74, 6) is 1.04. The molecule has 0 heterocycles. The molecule has 2 heteroatoms. The van der Waals surface area contributed by atoms with Gasteiger partial charge in [0.05, 0.1) is 0 Å². The number of nitrogens with zero attached hydrogens (tertiary/aromatic N) is 2. The molecule has 2 aliphatic rings. The Labute approximate surface area is 379 Å². The maximum atomic E-state index is 2.57. The van der Waals surface area contributed by atoms with E-state index in [4.69, 9.17) is 0 Å². The number of hydrogen-bond donors (Lipinski definition) is 0. The highest BCUT2D eigenvalue weighted by Crippen LogP contribution is 2.50. The van der Waals surface area contributed by atoms with Crippen molar-refractivity contribution in [2.75, 3.05) is 9.80 Å². The molecule has 11 rings (SSSR count). The summed E-state index contributed by atoms with van der Waals surface area (Å²) in [7, 11) is 0. The van der Waals surface area contributed by atoms with Crippen LogP contribution in [0, 0.1) is 0 Å². The van der Waals surface area contributed by atoms with Gasteiger partial charge in [-0.2, -0.15) is 0 Å². The molecular weight excluding hydrogens is 773 g/mol. The highest BCUT2D eigenvalue weighted by atomic mass is 15.1. The second-order valence-electron chi connectivity index (χ2n) is 18.1.